The lowest BCUT2D eigenvalue weighted by Crippen LogP contribution is -2.46. The highest BCUT2D eigenvalue weighted by Crippen LogP contribution is 2.43. The predicted octanol–water partition coefficient (Wildman–Crippen LogP) is 1.10. The fourth-order valence-corrected chi connectivity index (χ4v) is 2.06. The van der Waals surface area contributed by atoms with E-state index in [9.17, 15) is 5.11 Å². The fourth-order valence-electron chi connectivity index (χ4n) is 2.06. The van der Waals surface area contributed by atoms with Crippen LogP contribution in [0.4, 0.5) is 0 Å². The van der Waals surface area contributed by atoms with Crippen LogP contribution in [-0.4, -0.2) is 35.7 Å². The van der Waals surface area contributed by atoms with Gasteiger partial charge in [0.2, 0.25) is 0 Å². The highest BCUT2D eigenvalue weighted by atomic mass is 16.3. The molecule has 0 amide bonds. The molecule has 0 aromatic heterocycles. The lowest BCUT2D eigenvalue weighted by molar-refractivity contribution is -0.0588. The zero-order valence-corrected chi connectivity index (χ0v) is 7.80. The summed E-state index contributed by atoms with van der Waals surface area (Å²) in [7, 11) is 2.08. The number of hydrogen-bond donors (Lipinski definition) is 1. The van der Waals surface area contributed by atoms with E-state index in [2.05, 4.69) is 11.9 Å². The zero-order chi connectivity index (χ0) is 8.48. The summed E-state index contributed by atoms with van der Waals surface area (Å²) < 4.78 is 0. The highest BCUT2D eigenvalue weighted by molar-refractivity contribution is 5.03. The predicted molar refractivity (Wildman–Crippen MR) is 46.5 cm³/mol. The SMILES string of the molecule is CC.CN1CC2CCC2(O)C1. The molecule has 0 spiro atoms. The Labute approximate surface area is 69.2 Å². The van der Waals surface area contributed by atoms with Gasteiger partial charge in [-0.1, -0.05) is 13.8 Å². The molecule has 2 rings (SSSR count). The molecule has 0 radical (unpaired) electrons. The van der Waals surface area contributed by atoms with Gasteiger partial charge in [-0.15, -0.1) is 0 Å². The Bertz CT molecular complexity index is 138. The maximum absolute atomic E-state index is 9.68. The molecule has 2 fully saturated rings. The molecule has 2 nitrogen and oxygen atoms in total. The third-order valence-corrected chi connectivity index (χ3v) is 2.76. The molecule has 1 saturated heterocycles. The van der Waals surface area contributed by atoms with Gasteiger partial charge in [-0.2, -0.15) is 0 Å². The summed E-state index contributed by atoms with van der Waals surface area (Å²) in [6.45, 7) is 6.01. The number of likely N-dealkylation sites (N-methyl/N-ethyl adjacent to an activating group) is 1. The van der Waals surface area contributed by atoms with Crippen LogP contribution in [0.3, 0.4) is 0 Å². The van der Waals surface area contributed by atoms with Crippen molar-refractivity contribution < 1.29 is 5.11 Å². The molecular weight excluding hydrogens is 138 g/mol. The fraction of sp³-hybridized carbons (Fsp3) is 1.00. The number of nitrogens with zero attached hydrogens (tertiary/aromatic N) is 1. The third-order valence-electron chi connectivity index (χ3n) is 2.76. The van der Waals surface area contributed by atoms with Gasteiger partial charge >= 0.3 is 0 Å². The number of rotatable bonds is 0. The van der Waals surface area contributed by atoms with Crippen LogP contribution < -0.4 is 0 Å². The van der Waals surface area contributed by atoms with E-state index >= 15 is 0 Å². The van der Waals surface area contributed by atoms with Gasteiger partial charge in [0.15, 0.2) is 0 Å². The molecule has 1 aliphatic heterocycles. The second-order valence-corrected chi connectivity index (χ2v) is 3.54. The summed E-state index contributed by atoms with van der Waals surface area (Å²) in [5, 5.41) is 9.68. The number of β-amino-alcohol motifs (C(OH)–C–C–N with tert-alkyl or cyclic N) is 1. The van der Waals surface area contributed by atoms with E-state index in [0.29, 0.717) is 5.92 Å². The van der Waals surface area contributed by atoms with Crippen LogP contribution in [0.1, 0.15) is 26.7 Å². The van der Waals surface area contributed by atoms with Crippen LogP contribution >= 0.6 is 0 Å². The lowest BCUT2D eigenvalue weighted by atomic mass is 9.72. The van der Waals surface area contributed by atoms with Crippen molar-refractivity contribution in [3.63, 3.8) is 0 Å². The highest BCUT2D eigenvalue weighted by Gasteiger charge is 2.50. The lowest BCUT2D eigenvalue weighted by Gasteiger charge is -2.38. The van der Waals surface area contributed by atoms with Crippen molar-refractivity contribution in [2.45, 2.75) is 32.3 Å². The maximum Gasteiger partial charge on any atom is 0.0814 e. The minimum atomic E-state index is -0.269. The van der Waals surface area contributed by atoms with Crippen molar-refractivity contribution in [1.82, 2.24) is 4.90 Å². The first-order valence-electron chi connectivity index (χ1n) is 4.62. The monoisotopic (exact) mass is 157 g/mol. The number of aliphatic hydroxyl groups is 1. The summed E-state index contributed by atoms with van der Waals surface area (Å²) in [4.78, 5) is 2.22. The van der Waals surface area contributed by atoms with E-state index in [1.807, 2.05) is 13.8 Å². The number of likely N-dealkylation sites (tertiary alicyclic amines) is 1. The van der Waals surface area contributed by atoms with Crippen molar-refractivity contribution in [3.8, 4) is 0 Å². The van der Waals surface area contributed by atoms with Gasteiger partial charge < -0.3 is 10.0 Å². The first-order chi connectivity index (χ1) is 5.21. The van der Waals surface area contributed by atoms with Gasteiger partial charge in [0.05, 0.1) is 5.60 Å². The second kappa shape index (κ2) is 3.11. The molecule has 2 unspecified atom stereocenters. The summed E-state index contributed by atoms with van der Waals surface area (Å²) in [6, 6.07) is 0. The van der Waals surface area contributed by atoms with E-state index in [1.54, 1.807) is 0 Å². The molecule has 0 bridgehead atoms. The normalized spacial score (nSPS) is 42.0. The standard InChI is InChI=1S/C7H13NO.C2H6/c1-8-4-6-2-3-7(6,9)5-8;1-2/h6,9H,2-5H2,1H3;1-2H3. The van der Waals surface area contributed by atoms with Gasteiger partial charge in [0.25, 0.3) is 0 Å². The van der Waals surface area contributed by atoms with Gasteiger partial charge in [-0.3, -0.25) is 0 Å². The van der Waals surface area contributed by atoms with Crippen LogP contribution in [0.25, 0.3) is 0 Å². The van der Waals surface area contributed by atoms with Gasteiger partial charge in [0, 0.05) is 19.0 Å². The van der Waals surface area contributed by atoms with Gasteiger partial charge in [0.1, 0.15) is 0 Å². The van der Waals surface area contributed by atoms with Crippen LogP contribution in [0.2, 0.25) is 0 Å². The van der Waals surface area contributed by atoms with Crippen LogP contribution in [-0.2, 0) is 0 Å². The summed E-state index contributed by atoms with van der Waals surface area (Å²) in [6.07, 6.45) is 2.27. The Morgan fingerprint density at radius 2 is 2.09 bits per heavy atom. The Morgan fingerprint density at radius 3 is 2.27 bits per heavy atom. The Morgan fingerprint density at radius 1 is 1.45 bits per heavy atom. The minimum Gasteiger partial charge on any atom is -0.388 e. The first-order valence-corrected chi connectivity index (χ1v) is 4.62. The molecule has 0 aromatic rings. The summed E-state index contributed by atoms with van der Waals surface area (Å²) in [5.74, 6) is 0.600. The van der Waals surface area contributed by atoms with Crippen molar-refractivity contribution >= 4 is 0 Å². The quantitative estimate of drug-likeness (QED) is 0.569. The van der Waals surface area contributed by atoms with Crippen LogP contribution in [0.5, 0.6) is 0 Å². The molecule has 1 saturated carbocycles. The van der Waals surface area contributed by atoms with Crippen LogP contribution in [0, 0.1) is 5.92 Å². The molecule has 66 valence electrons. The molecule has 1 aliphatic carbocycles. The molecule has 0 aromatic carbocycles. The maximum atomic E-state index is 9.68. The largest absolute Gasteiger partial charge is 0.388 e. The number of hydrogen-bond acceptors (Lipinski definition) is 2. The Hall–Kier alpha value is -0.0800. The van der Waals surface area contributed by atoms with E-state index in [-0.39, 0.29) is 5.60 Å². The molecule has 2 aliphatic rings. The molecule has 1 N–H and O–H groups in total. The van der Waals surface area contributed by atoms with E-state index < -0.39 is 0 Å². The van der Waals surface area contributed by atoms with Crippen LogP contribution in [0.15, 0.2) is 0 Å². The first kappa shape index (κ1) is 9.01. The van der Waals surface area contributed by atoms with E-state index in [0.717, 1.165) is 19.5 Å². The molecule has 2 heteroatoms. The van der Waals surface area contributed by atoms with Crippen molar-refractivity contribution in [2.24, 2.45) is 5.92 Å². The van der Waals surface area contributed by atoms with Crippen molar-refractivity contribution in [2.75, 3.05) is 20.1 Å². The molecule has 1 heterocycles. The Balaban J connectivity index is 0.000000281. The average Bonchev–Trinajstić information content (AvgIpc) is 2.18. The summed E-state index contributed by atoms with van der Waals surface area (Å²) >= 11 is 0. The van der Waals surface area contributed by atoms with Gasteiger partial charge in [-0.05, 0) is 19.9 Å². The average molecular weight is 157 g/mol. The second-order valence-electron chi connectivity index (χ2n) is 3.54. The molecule has 2 atom stereocenters. The summed E-state index contributed by atoms with van der Waals surface area (Å²) in [5.41, 5.74) is -0.269. The zero-order valence-electron chi connectivity index (χ0n) is 7.80. The van der Waals surface area contributed by atoms with Crippen molar-refractivity contribution in [3.05, 3.63) is 0 Å². The third kappa shape index (κ3) is 1.42. The van der Waals surface area contributed by atoms with E-state index in [4.69, 9.17) is 0 Å². The number of fused-ring (bicyclic) bond motifs is 1. The smallest absolute Gasteiger partial charge is 0.0814 e. The molecule has 11 heavy (non-hydrogen) atoms. The topological polar surface area (TPSA) is 23.5 Å². The van der Waals surface area contributed by atoms with Gasteiger partial charge in [-0.25, -0.2) is 0 Å². The van der Waals surface area contributed by atoms with E-state index in [1.165, 1.54) is 6.42 Å². The minimum absolute atomic E-state index is 0.269. The Kier molecular flexibility index (Phi) is 2.55. The van der Waals surface area contributed by atoms with Crippen molar-refractivity contribution in [1.29, 1.82) is 0 Å². The molecular formula is C9H19NO.